The van der Waals surface area contributed by atoms with Gasteiger partial charge in [0.2, 0.25) is 11.4 Å². The van der Waals surface area contributed by atoms with Crippen LogP contribution in [0.1, 0.15) is 369 Å². The van der Waals surface area contributed by atoms with Crippen LogP contribution in [0.25, 0.3) is 16.9 Å². The van der Waals surface area contributed by atoms with Gasteiger partial charge in [0.15, 0.2) is 0 Å². The Morgan fingerprint density at radius 1 is 0.380 bits per heavy atom. The van der Waals surface area contributed by atoms with Gasteiger partial charge in [0.05, 0.1) is 0 Å². The average molecular weight is 1130 g/mol. The van der Waals surface area contributed by atoms with Crippen molar-refractivity contribution in [3.05, 3.63) is 85.5 Å². The van der Waals surface area contributed by atoms with E-state index in [-0.39, 0.29) is 0 Å². The predicted molar refractivity (Wildman–Crippen MR) is 351 cm³/mol. The van der Waals surface area contributed by atoms with E-state index >= 15 is 0 Å². The zero-order valence-electron chi connectivity index (χ0n) is 54.5. The van der Waals surface area contributed by atoms with Gasteiger partial charge in [0.25, 0.3) is 0 Å². The van der Waals surface area contributed by atoms with Gasteiger partial charge in [-0.3, -0.25) is 0 Å². The fraction of sp³-hybridized carbons (Fsp3) is 0.763. The van der Waals surface area contributed by atoms with Crippen LogP contribution in [0.15, 0.2) is 35.4 Å². The van der Waals surface area contributed by atoms with E-state index in [1.165, 1.54) is 306 Å². The summed E-state index contributed by atoms with van der Waals surface area (Å²) in [4.78, 5) is 0. The van der Waals surface area contributed by atoms with E-state index in [9.17, 15) is 5.53 Å². The minimum absolute atomic E-state index is 0.824. The van der Waals surface area contributed by atoms with Gasteiger partial charge >= 0.3 is 166 Å². The molecular weight excluding hydrogens is 1000 g/mol. The number of benzene rings is 2. The van der Waals surface area contributed by atoms with Gasteiger partial charge in [-0.1, -0.05) is 157 Å². The van der Waals surface area contributed by atoms with Crippen molar-refractivity contribution in [2.45, 2.75) is 375 Å². The van der Waals surface area contributed by atoms with Crippen LogP contribution in [0.2, 0.25) is 10.8 Å². The van der Waals surface area contributed by atoms with Gasteiger partial charge in [0.1, 0.15) is 5.57 Å². The molecule has 0 N–H and O–H groups in total. The zero-order chi connectivity index (χ0) is 57.4. The van der Waals surface area contributed by atoms with Crippen molar-refractivity contribution >= 4 is 11.4 Å². The number of aryl methyl sites for hydroxylation is 4. The molecule has 0 atom stereocenters. The Bertz CT molecular complexity index is 1890. The summed E-state index contributed by atoms with van der Waals surface area (Å²) in [6.07, 6.45) is 62.2. The second-order valence-electron chi connectivity index (χ2n) is 24.4. The van der Waals surface area contributed by atoms with Crippen molar-refractivity contribution in [3.8, 4) is 11.8 Å². The first-order valence-electron chi connectivity index (χ1n) is 34.9. The molecule has 0 radical (unpaired) electrons. The minimum atomic E-state index is 0.824. The standard InChI is InChI=1S/C50H76N2.2C13H27.Ni/c1-9-14-18-19-20-21-22-23-24-25-26-27-28-29-30-34-48-46(13-5)49(44-35-39(6)41(8)40(7)36-44)52(51)50(48)45-37-42(31-15-10-2)47(33-17-12-4)43(38-45)32-16-11-3;2*1-3-5-7-9-11-13-12-10-8-6-4-2;/h35-38H,9-29,31-33H2,1-8H3;2*1,3-13H2,2H3;. The van der Waals surface area contributed by atoms with E-state index in [0.717, 1.165) is 66.6 Å². The van der Waals surface area contributed by atoms with Crippen molar-refractivity contribution in [1.82, 2.24) is 0 Å². The van der Waals surface area contributed by atoms with E-state index in [4.69, 9.17) is 0 Å². The van der Waals surface area contributed by atoms with Gasteiger partial charge in [-0.2, -0.15) is 0 Å². The molecule has 1 aliphatic rings. The number of allylic oxidation sites excluding steroid dienone is 2. The number of hydrogen-bond acceptors (Lipinski definition) is 0. The van der Waals surface area contributed by atoms with Gasteiger partial charge in [-0.05, 0) is 130 Å². The molecule has 454 valence electrons. The van der Waals surface area contributed by atoms with E-state index < -0.39 is 0 Å². The van der Waals surface area contributed by atoms with Gasteiger partial charge in [-0.15, -0.1) is 0 Å². The molecule has 0 aromatic heterocycles. The Morgan fingerprint density at radius 3 is 1.08 bits per heavy atom. The van der Waals surface area contributed by atoms with E-state index in [1.54, 1.807) is 5.56 Å². The number of unbranched alkanes of at least 4 members (excludes halogenated alkanes) is 36. The Labute approximate surface area is 500 Å². The molecule has 0 bridgehead atoms. The van der Waals surface area contributed by atoms with Crippen LogP contribution < -0.4 is 0 Å². The van der Waals surface area contributed by atoms with Crippen LogP contribution >= 0.6 is 0 Å². The fourth-order valence-electron chi connectivity index (χ4n) is 11.7. The van der Waals surface area contributed by atoms with Crippen LogP contribution in [0.5, 0.6) is 0 Å². The molecule has 3 rings (SSSR count). The quantitative estimate of drug-likeness (QED) is 0.0273. The van der Waals surface area contributed by atoms with Crippen LogP contribution in [0, 0.1) is 32.6 Å². The molecule has 0 saturated heterocycles. The van der Waals surface area contributed by atoms with Crippen LogP contribution in [0.4, 0.5) is 0 Å². The van der Waals surface area contributed by atoms with E-state index in [0.29, 0.717) is 0 Å². The Hall–Kier alpha value is -2.43. The molecule has 0 spiro atoms. The molecule has 2 aromatic rings. The molecule has 2 aromatic carbocycles. The average Bonchev–Trinajstić information content (AvgIpc) is 3.76. The first kappa shape index (κ1) is 72.7. The number of rotatable bonds is 49. The van der Waals surface area contributed by atoms with Crippen LogP contribution in [0.3, 0.4) is 0 Å². The summed E-state index contributed by atoms with van der Waals surface area (Å²) in [6, 6.07) is 9.35. The molecule has 0 saturated carbocycles. The van der Waals surface area contributed by atoms with Crippen molar-refractivity contribution in [3.63, 3.8) is 0 Å². The molecule has 2 nitrogen and oxygen atoms in total. The molecule has 0 amide bonds. The second kappa shape index (κ2) is 50.1. The summed E-state index contributed by atoms with van der Waals surface area (Å²) >= 11 is 2.03. The Balaban J connectivity index is 0.000000667. The van der Waals surface area contributed by atoms with Crippen molar-refractivity contribution in [2.24, 2.45) is 0 Å². The van der Waals surface area contributed by atoms with Gasteiger partial charge < -0.3 is 5.53 Å². The Morgan fingerprint density at radius 2 is 0.709 bits per heavy atom. The third-order valence-electron chi connectivity index (χ3n) is 17.2. The summed E-state index contributed by atoms with van der Waals surface area (Å²) in [5, 5.41) is 2.86. The third-order valence-corrected chi connectivity index (χ3v) is 18.6. The first-order valence-corrected chi connectivity index (χ1v) is 36.3. The maximum absolute atomic E-state index is 12.3. The van der Waals surface area contributed by atoms with Gasteiger partial charge in [-0.25, -0.2) is 4.70 Å². The summed E-state index contributed by atoms with van der Waals surface area (Å²) in [5.41, 5.74) is 26.9. The van der Waals surface area contributed by atoms with Crippen LogP contribution in [-0.4, -0.2) is 4.70 Å². The van der Waals surface area contributed by atoms with E-state index in [1.807, 2.05) is 14.4 Å². The monoisotopic (exact) mass is 1130 g/mol. The van der Waals surface area contributed by atoms with Gasteiger partial charge in [0, 0.05) is 23.1 Å². The van der Waals surface area contributed by atoms with Crippen molar-refractivity contribution in [2.75, 3.05) is 0 Å². The number of nitrogens with zero attached hydrogens (tertiary/aromatic N) is 2. The molecule has 0 fully saturated rings. The number of hydrogen-bond donors (Lipinski definition) is 0. The van der Waals surface area contributed by atoms with E-state index in [2.05, 4.69) is 105 Å². The summed E-state index contributed by atoms with van der Waals surface area (Å²) in [6.45, 7) is 22.6. The molecule has 79 heavy (non-hydrogen) atoms. The maximum atomic E-state index is 12.3. The summed E-state index contributed by atoms with van der Waals surface area (Å²) in [7, 11) is 0. The molecule has 0 unspecified atom stereocenters. The fourth-order valence-corrected chi connectivity index (χ4v) is 13.0. The normalized spacial score (nSPS) is 12.5. The molecule has 0 aliphatic carbocycles. The van der Waals surface area contributed by atoms with Crippen molar-refractivity contribution in [1.29, 1.82) is 0 Å². The molecule has 1 aliphatic heterocycles. The third kappa shape index (κ3) is 32.3. The predicted octanol–water partition coefficient (Wildman–Crippen LogP) is 26.2. The summed E-state index contributed by atoms with van der Waals surface area (Å²) < 4.78 is 1.52. The van der Waals surface area contributed by atoms with Crippen molar-refractivity contribution < 1.29 is 19.1 Å². The van der Waals surface area contributed by atoms with Crippen LogP contribution in [-0.2, 0) is 33.7 Å². The zero-order valence-corrected chi connectivity index (χ0v) is 55.4. The molecule has 1 heterocycles. The second-order valence-corrected chi connectivity index (χ2v) is 25.9. The topological polar surface area (TPSA) is 25.3 Å². The summed E-state index contributed by atoms with van der Waals surface area (Å²) in [5.74, 6) is 7.30. The smallest absolute Gasteiger partial charge is 0.0654 e. The first-order chi connectivity index (χ1) is 38.7. The SMILES string of the molecule is CCCCCCCCCCCCCCCC#CC1=C(c2cc(CCCC)c(CCCC)c(CCCC)c2)[N+](=[N-])C(c2cc(C)c(C)c(C)c2)=C1CC.CCCCCCCCCCCC[CH2][Ni][CH2]CCCCCCCCCCCC. The molecule has 3 heteroatoms. The minimum Gasteiger partial charge on any atom is -0.0654 e. The molecular formula is C76H130N2Ni. The Kier molecular flexibility index (Phi) is 46.1.